The highest BCUT2D eigenvalue weighted by Gasteiger charge is 2.37. The van der Waals surface area contributed by atoms with Crippen LogP contribution in [0, 0.1) is 5.92 Å². The third-order valence-electron chi connectivity index (χ3n) is 4.67. The first-order valence-electron chi connectivity index (χ1n) is 8.77. The molecule has 1 heterocycles. The van der Waals surface area contributed by atoms with E-state index in [1.807, 2.05) is 6.92 Å². The van der Waals surface area contributed by atoms with E-state index in [1.54, 1.807) is 6.92 Å². The molecular weight excluding hydrogens is 344 g/mol. The molecule has 0 aromatic carbocycles. The Balaban J connectivity index is 2.86. The molecule has 0 aromatic rings. The van der Waals surface area contributed by atoms with Crippen molar-refractivity contribution in [3.8, 4) is 0 Å². The van der Waals surface area contributed by atoms with Gasteiger partial charge < -0.3 is 36.3 Å². The van der Waals surface area contributed by atoms with Crippen molar-refractivity contribution in [1.82, 2.24) is 15.5 Å². The van der Waals surface area contributed by atoms with Gasteiger partial charge in [-0.05, 0) is 18.8 Å². The molecule has 10 heteroatoms. The predicted molar refractivity (Wildman–Crippen MR) is 87.9 cm³/mol. The van der Waals surface area contributed by atoms with Crippen LogP contribution in [0.15, 0.2) is 0 Å². The smallest absolute Gasteiger partial charge is 0.278 e. The fraction of sp³-hybridized carbons (Fsp3) is 0.750. The van der Waals surface area contributed by atoms with Crippen LogP contribution >= 0.6 is 0 Å². The van der Waals surface area contributed by atoms with Crippen LogP contribution in [0.5, 0.6) is 0 Å². The molecule has 10 nitrogen and oxygen atoms in total. The molecule has 1 aliphatic heterocycles. The number of quaternary nitrogens is 1. The number of carboxylic acids is 1. The molecule has 1 fully saturated rings. The number of carbonyl (C=O) groups excluding carboxylic acids is 4. The average Bonchev–Trinajstić information content (AvgIpc) is 3.11. The maximum Gasteiger partial charge on any atom is 0.278 e. The van der Waals surface area contributed by atoms with Crippen molar-refractivity contribution in [2.45, 2.75) is 51.2 Å². The van der Waals surface area contributed by atoms with Crippen molar-refractivity contribution in [3.05, 3.63) is 0 Å². The van der Waals surface area contributed by atoms with Crippen LogP contribution in [0.1, 0.15) is 33.1 Å². The lowest BCUT2D eigenvalue weighted by molar-refractivity contribution is -0.357. The van der Waals surface area contributed by atoms with Gasteiger partial charge in [-0.15, -0.1) is 0 Å². The molecule has 4 atom stereocenters. The number of carbonyl (C=O) groups is 4. The van der Waals surface area contributed by atoms with Crippen LogP contribution in [0.3, 0.4) is 0 Å². The van der Waals surface area contributed by atoms with E-state index in [2.05, 4.69) is 16.4 Å². The summed E-state index contributed by atoms with van der Waals surface area (Å²) in [6.45, 7) is 3.26. The Labute approximate surface area is 152 Å². The molecule has 148 valence electrons. The van der Waals surface area contributed by atoms with Crippen LogP contribution in [0.2, 0.25) is 0 Å². The van der Waals surface area contributed by atoms with E-state index in [1.165, 1.54) is 4.90 Å². The first kappa shape index (κ1) is 21.8. The summed E-state index contributed by atoms with van der Waals surface area (Å²) >= 11 is 0. The Morgan fingerprint density at radius 2 is 1.96 bits per heavy atom. The number of aliphatic carboxylic acids is 1. The zero-order chi connectivity index (χ0) is 19.9. The molecule has 1 aliphatic rings. The summed E-state index contributed by atoms with van der Waals surface area (Å²) < 4.78 is 0. The SMILES string of the molecule is CC[C@H](C)[C@H](NC(=O)[C@@H]1CCCN1C(=O)C[NH3+])C(=O)N[C@@H](CO)C(=O)[O-]. The van der Waals surface area contributed by atoms with Gasteiger partial charge in [0.15, 0.2) is 6.54 Å². The number of rotatable bonds is 9. The molecule has 0 aliphatic carbocycles. The van der Waals surface area contributed by atoms with Crippen LogP contribution in [-0.2, 0) is 19.2 Å². The van der Waals surface area contributed by atoms with E-state index in [9.17, 15) is 24.3 Å². The summed E-state index contributed by atoms with van der Waals surface area (Å²) in [6, 6.07) is -3.21. The van der Waals surface area contributed by atoms with E-state index in [0.29, 0.717) is 25.8 Å². The highest BCUT2D eigenvalue weighted by atomic mass is 16.4. The molecule has 0 spiro atoms. The van der Waals surface area contributed by atoms with Crippen LogP contribution < -0.4 is 21.5 Å². The number of aliphatic hydroxyl groups is 1. The highest BCUT2D eigenvalue weighted by molar-refractivity contribution is 5.93. The second-order valence-electron chi connectivity index (χ2n) is 6.43. The molecule has 26 heavy (non-hydrogen) atoms. The molecule has 3 amide bonds. The molecule has 0 radical (unpaired) electrons. The summed E-state index contributed by atoms with van der Waals surface area (Å²) in [6.07, 6.45) is 1.73. The average molecular weight is 372 g/mol. The van der Waals surface area contributed by atoms with Gasteiger partial charge >= 0.3 is 0 Å². The summed E-state index contributed by atoms with van der Waals surface area (Å²) in [5.74, 6) is -3.30. The molecular formula is C16H28N4O6. The first-order valence-corrected chi connectivity index (χ1v) is 8.77. The molecule has 0 unspecified atom stereocenters. The fourth-order valence-electron chi connectivity index (χ4n) is 2.87. The van der Waals surface area contributed by atoms with Gasteiger partial charge in [-0.1, -0.05) is 20.3 Å². The van der Waals surface area contributed by atoms with Crippen molar-refractivity contribution in [1.29, 1.82) is 0 Å². The number of amides is 3. The first-order chi connectivity index (χ1) is 12.3. The lowest BCUT2D eigenvalue weighted by Crippen LogP contribution is -2.61. The molecule has 0 aromatic heterocycles. The summed E-state index contributed by atoms with van der Waals surface area (Å²) in [5.41, 5.74) is 3.54. The number of nitrogens with one attached hydrogen (secondary N) is 2. The van der Waals surface area contributed by atoms with Crippen LogP contribution in [0.4, 0.5) is 0 Å². The number of likely N-dealkylation sites (tertiary alicyclic amines) is 1. The van der Waals surface area contributed by atoms with E-state index in [4.69, 9.17) is 5.11 Å². The molecule has 0 saturated carbocycles. The van der Waals surface area contributed by atoms with E-state index in [0.717, 1.165) is 0 Å². The normalized spacial score (nSPS) is 20.2. The maximum absolute atomic E-state index is 12.6. The topological polar surface area (TPSA) is 167 Å². The minimum atomic E-state index is -1.61. The van der Waals surface area contributed by atoms with Crippen molar-refractivity contribution in [2.75, 3.05) is 19.7 Å². The monoisotopic (exact) mass is 372 g/mol. The van der Waals surface area contributed by atoms with E-state index in [-0.39, 0.29) is 18.4 Å². The van der Waals surface area contributed by atoms with Crippen molar-refractivity contribution < 1.29 is 35.1 Å². The third-order valence-corrected chi connectivity index (χ3v) is 4.67. The fourth-order valence-corrected chi connectivity index (χ4v) is 2.87. The molecule has 0 bridgehead atoms. The molecule has 6 N–H and O–H groups in total. The van der Waals surface area contributed by atoms with Gasteiger partial charge in [0.25, 0.3) is 5.91 Å². The van der Waals surface area contributed by atoms with Crippen molar-refractivity contribution in [3.63, 3.8) is 0 Å². The van der Waals surface area contributed by atoms with Crippen LogP contribution in [0.25, 0.3) is 0 Å². The third kappa shape index (κ3) is 5.40. The van der Waals surface area contributed by atoms with Gasteiger partial charge in [0, 0.05) is 6.54 Å². The second-order valence-corrected chi connectivity index (χ2v) is 6.43. The van der Waals surface area contributed by atoms with Gasteiger partial charge in [-0.2, -0.15) is 0 Å². The van der Waals surface area contributed by atoms with E-state index < -0.39 is 42.5 Å². The highest BCUT2D eigenvalue weighted by Crippen LogP contribution is 2.18. The number of hydrogen-bond donors (Lipinski definition) is 4. The molecule has 1 rings (SSSR count). The Hall–Kier alpha value is -2.20. The summed E-state index contributed by atoms with van der Waals surface area (Å²) in [7, 11) is 0. The van der Waals surface area contributed by atoms with Gasteiger partial charge in [0.2, 0.25) is 11.8 Å². The van der Waals surface area contributed by atoms with Gasteiger partial charge in [-0.25, -0.2) is 0 Å². The second kappa shape index (κ2) is 10.1. The standard InChI is InChI=1S/C16H28N4O6/c1-3-9(2)13(15(24)18-10(8-21)16(25)26)19-14(23)11-5-4-6-20(11)12(22)7-17/h9-11,13,21H,3-8,17H2,1-2H3,(H,18,24)(H,19,23)(H,25,26)/t9-,10-,11-,13-/m0/s1. The maximum atomic E-state index is 12.6. The number of nitrogens with zero attached hydrogens (tertiary/aromatic N) is 1. The lowest BCUT2D eigenvalue weighted by Gasteiger charge is -2.29. The van der Waals surface area contributed by atoms with E-state index >= 15 is 0 Å². The Morgan fingerprint density at radius 3 is 2.46 bits per heavy atom. The Morgan fingerprint density at radius 1 is 1.31 bits per heavy atom. The summed E-state index contributed by atoms with van der Waals surface area (Å²) in [4.78, 5) is 49.3. The minimum absolute atomic E-state index is 0.0445. The Kier molecular flexibility index (Phi) is 8.46. The van der Waals surface area contributed by atoms with Gasteiger partial charge in [-0.3, -0.25) is 14.4 Å². The number of hydrogen-bond acceptors (Lipinski definition) is 6. The number of aliphatic hydroxyl groups excluding tert-OH is 1. The van der Waals surface area contributed by atoms with Gasteiger partial charge in [0.05, 0.1) is 18.6 Å². The molecule has 1 saturated heterocycles. The number of carboxylic acid groups (broad SMARTS) is 1. The zero-order valence-corrected chi connectivity index (χ0v) is 15.2. The largest absolute Gasteiger partial charge is 0.548 e. The predicted octanol–water partition coefficient (Wildman–Crippen LogP) is -4.02. The lowest BCUT2D eigenvalue weighted by atomic mass is 9.97. The summed E-state index contributed by atoms with van der Waals surface area (Å²) in [5, 5.41) is 24.7. The van der Waals surface area contributed by atoms with Crippen molar-refractivity contribution >= 4 is 23.7 Å². The van der Waals surface area contributed by atoms with Crippen LogP contribution in [-0.4, -0.2) is 71.5 Å². The zero-order valence-electron chi connectivity index (χ0n) is 15.2. The van der Waals surface area contributed by atoms with Crippen molar-refractivity contribution in [2.24, 2.45) is 5.92 Å². The Bertz CT molecular complexity index is 541. The quantitative estimate of drug-likeness (QED) is 0.322. The van der Waals surface area contributed by atoms with Gasteiger partial charge in [0.1, 0.15) is 12.1 Å². The minimum Gasteiger partial charge on any atom is -0.548 e.